The van der Waals surface area contributed by atoms with E-state index in [0.717, 1.165) is 24.5 Å². The molecule has 92 valence electrons. The lowest BCUT2D eigenvalue weighted by Crippen LogP contribution is -2.42. The number of nitrogens with two attached hydrogens (primary N) is 1. The number of hydrogen-bond acceptors (Lipinski definition) is 2. The Kier molecular flexibility index (Phi) is 2.62. The molecule has 1 unspecified atom stereocenters. The van der Waals surface area contributed by atoms with Crippen molar-refractivity contribution in [3.8, 4) is 5.75 Å². The van der Waals surface area contributed by atoms with Crippen molar-refractivity contribution in [2.75, 3.05) is 0 Å². The van der Waals surface area contributed by atoms with Gasteiger partial charge in [0.1, 0.15) is 11.4 Å². The molecule has 1 fully saturated rings. The van der Waals surface area contributed by atoms with Gasteiger partial charge in [-0.05, 0) is 25.3 Å². The molecule has 3 rings (SSSR count). The van der Waals surface area contributed by atoms with E-state index in [9.17, 15) is 0 Å². The number of benzene rings is 1. The highest BCUT2D eigenvalue weighted by Crippen LogP contribution is 2.44. The monoisotopic (exact) mass is 231 g/mol. The summed E-state index contributed by atoms with van der Waals surface area (Å²) >= 11 is 0. The molecule has 2 aliphatic rings. The molecular weight excluding hydrogens is 210 g/mol. The largest absolute Gasteiger partial charge is 0.487 e. The van der Waals surface area contributed by atoms with Crippen LogP contribution >= 0.6 is 0 Å². The summed E-state index contributed by atoms with van der Waals surface area (Å²) in [4.78, 5) is 0. The minimum Gasteiger partial charge on any atom is -0.487 e. The molecule has 1 aromatic carbocycles. The second-order valence-corrected chi connectivity index (χ2v) is 5.90. The van der Waals surface area contributed by atoms with E-state index in [-0.39, 0.29) is 11.6 Å². The third kappa shape index (κ3) is 2.06. The number of para-hydroxylation sites is 1. The van der Waals surface area contributed by atoms with Crippen LogP contribution in [0.2, 0.25) is 0 Å². The Bertz CT molecular complexity index is 413. The van der Waals surface area contributed by atoms with Gasteiger partial charge in [0.05, 0.1) is 0 Å². The second-order valence-electron chi connectivity index (χ2n) is 5.90. The summed E-state index contributed by atoms with van der Waals surface area (Å²) in [5.41, 5.74) is 7.39. The van der Waals surface area contributed by atoms with Crippen LogP contribution in [0.5, 0.6) is 5.75 Å². The van der Waals surface area contributed by atoms with Crippen molar-refractivity contribution in [2.24, 2.45) is 11.7 Å². The van der Waals surface area contributed by atoms with Crippen molar-refractivity contribution in [1.29, 1.82) is 0 Å². The maximum absolute atomic E-state index is 6.28. The minimum atomic E-state index is -0.0567. The summed E-state index contributed by atoms with van der Waals surface area (Å²) in [5.74, 6) is 1.85. The number of fused-ring (bicyclic) bond motifs is 1. The molecule has 1 aliphatic carbocycles. The first-order valence-corrected chi connectivity index (χ1v) is 6.70. The van der Waals surface area contributed by atoms with Gasteiger partial charge in [-0.1, -0.05) is 37.5 Å². The predicted molar refractivity (Wildman–Crippen MR) is 69.0 cm³/mol. The molecule has 2 N–H and O–H groups in total. The first kappa shape index (κ1) is 11.1. The van der Waals surface area contributed by atoms with Gasteiger partial charge in [-0.3, -0.25) is 0 Å². The van der Waals surface area contributed by atoms with Crippen LogP contribution in [0.4, 0.5) is 0 Å². The fourth-order valence-corrected chi connectivity index (χ4v) is 3.19. The van der Waals surface area contributed by atoms with E-state index in [0.29, 0.717) is 0 Å². The van der Waals surface area contributed by atoms with Crippen LogP contribution in [0.25, 0.3) is 0 Å². The third-order valence-electron chi connectivity index (χ3n) is 4.27. The quantitative estimate of drug-likeness (QED) is 0.846. The Hall–Kier alpha value is -1.02. The highest BCUT2D eigenvalue weighted by atomic mass is 16.5. The van der Waals surface area contributed by atoms with E-state index in [1.807, 2.05) is 18.2 Å². The average Bonchev–Trinajstić information content (AvgIpc) is 2.24. The van der Waals surface area contributed by atoms with Crippen LogP contribution in [0.1, 0.15) is 50.6 Å². The predicted octanol–water partition coefficient (Wildman–Crippen LogP) is 3.42. The molecule has 0 aromatic heterocycles. The Morgan fingerprint density at radius 2 is 2.12 bits per heavy atom. The Labute approximate surface area is 103 Å². The van der Waals surface area contributed by atoms with E-state index in [1.165, 1.54) is 24.8 Å². The van der Waals surface area contributed by atoms with E-state index in [1.54, 1.807) is 0 Å². The standard InChI is InChI=1S/C15H21NO/c1-15(9-11-5-4-6-11)10-13(16)12-7-2-3-8-14(12)17-15/h2-3,7-8,11,13H,4-6,9-10,16H2,1H3/t13-,15?/m1/s1. The van der Waals surface area contributed by atoms with Gasteiger partial charge in [0.2, 0.25) is 0 Å². The Morgan fingerprint density at radius 3 is 2.82 bits per heavy atom. The third-order valence-corrected chi connectivity index (χ3v) is 4.27. The highest BCUT2D eigenvalue weighted by molar-refractivity contribution is 5.38. The van der Waals surface area contributed by atoms with Gasteiger partial charge in [-0.25, -0.2) is 0 Å². The van der Waals surface area contributed by atoms with E-state index >= 15 is 0 Å². The molecule has 0 radical (unpaired) electrons. The van der Waals surface area contributed by atoms with Gasteiger partial charge >= 0.3 is 0 Å². The Morgan fingerprint density at radius 1 is 1.35 bits per heavy atom. The van der Waals surface area contributed by atoms with E-state index < -0.39 is 0 Å². The number of rotatable bonds is 2. The zero-order chi connectivity index (χ0) is 11.9. The first-order chi connectivity index (χ1) is 8.16. The molecule has 1 heterocycles. The van der Waals surface area contributed by atoms with Crippen molar-refractivity contribution >= 4 is 0 Å². The fraction of sp³-hybridized carbons (Fsp3) is 0.600. The summed E-state index contributed by atoms with van der Waals surface area (Å²) in [6.45, 7) is 2.22. The minimum absolute atomic E-state index is 0.0567. The van der Waals surface area contributed by atoms with Crippen LogP contribution < -0.4 is 10.5 Å². The molecule has 0 bridgehead atoms. The van der Waals surface area contributed by atoms with Gasteiger partial charge in [0, 0.05) is 18.0 Å². The molecule has 1 aliphatic heterocycles. The zero-order valence-electron chi connectivity index (χ0n) is 10.5. The lowest BCUT2D eigenvalue weighted by Gasteiger charge is -2.42. The van der Waals surface area contributed by atoms with Crippen molar-refractivity contribution < 1.29 is 4.74 Å². The van der Waals surface area contributed by atoms with Crippen LogP contribution in [-0.2, 0) is 0 Å². The van der Waals surface area contributed by atoms with Crippen molar-refractivity contribution in [1.82, 2.24) is 0 Å². The second kappa shape index (κ2) is 4.02. The van der Waals surface area contributed by atoms with E-state index in [4.69, 9.17) is 10.5 Å². The topological polar surface area (TPSA) is 35.2 Å². The van der Waals surface area contributed by atoms with Crippen molar-refractivity contribution in [3.63, 3.8) is 0 Å². The lowest BCUT2D eigenvalue weighted by atomic mass is 9.74. The molecule has 0 spiro atoms. The van der Waals surface area contributed by atoms with Gasteiger partial charge in [-0.15, -0.1) is 0 Å². The smallest absolute Gasteiger partial charge is 0.124 e. The molecule has 0 amide bonds. The number of hydrogen-bond donors (Lipinski definition) is 1. The van der Waals surface area contributed by atoms with Crippen LogP contribution in [0.3, 0.4) is 0 Å². The molecule has 2 nitrogen and oxygen atoms in total. The SMILES string of the molecule is CC1(CC2CCC2)C[C@@H](N)c2ccccc2O1. The molecule has 1 saturated carbocycles. The van der Waals surface area contributed by atoms with E-state index in [2.05, 4.69) is 13.0 Å². The maximum Gasteiger partial charge on any atom is 0.124 e. The van der Waals surface area contributed by atoms with Gasteiger partial charge < -0.3 is 10.5 Å². The summed E-state index contributed by atoms with van der Waals surface area (Å²) in [6.07, 6.45) is 6.24. The lowest BCUT2D eigenvalue weighted by molar-refractivity contribution is 0.0171. The molecule has 2 heteroatoms. The summed E-state index contributed by atoms with van der Waals surface area (Å²) < 4.78 is 6.22. The summed E-state index contributed by atoms with van der Waals surface area (Å²) in [7, 11) is 0. The molecular formula is C15H21NO. The fourth-order valence-electron chi connectivity index (χ4n) is 3.19. The van der Waals surface area contributed by atoms with Crippen LogP contribution in [0.15, 0.2) is 24.3 Å². The van der Waals surface area contributed by atoms with Crippen molar-refractivity contribution in [3.05, 3.63) is 29.8 Å². The molecule has 1 aromatic rings. The first-order valence-electron chi connectivity index (χ1n) is 6.70. The molecule has 17 heavy (non-hydrogen) atoms. The normalized spacial score (nSPS) is 32.5. The molecule has 0 saturated heterocycles. The van der Waals surface area contributed by atoms with Crippen LogP contribution in [-0.4, -0.2) is 5.60 Å². The summed E-state index contributed by atoms with van der Waals surface area (Å²) in [5, 5.41) is 0. The number of ether oxygens (including phenoxy) is 1. The van der Waals surface area contributed by atoms with Gasteiger partial charge in [0.15, 0.2) is 0 Å². The summed E-state index contributed by atoms with van der Waals surface area (Å²) in [6, 6.07) is 8.33. The average molecular weight is 231 g/mol. The van der Waals surface area contributed by atoms with Crippen molar-refractivity contribution in [2.45, 2.75) is 50.7 Å². The maximum atomic E-state index is 6.28. The Balaban J connectivity index is 1.81. The highest BCUT2D eigenvalue weighted by Gasteiger charge is 2.38. The van der Waals surface area contributed by atoms with Gasteiger partial charge in [-0.2, -0.15) is 0 Å². The van der Waals surface area contributed by atoms with Gasteiger partial charge in [0.25, 0.3) is 0 Å². The van der Waals surface area contributed by atoms with Crippen LogP contribution in [0, 0.1) is 5.92 Å². The molecule has 2 atom stereocenters. The zero-order valence-corrected chi connectivity index (χ0v) is 10.5.